The van der Waals surface area contributed by atoms with Crippen LogP contribution in [0.4, 0.5) is 0 Å². The van der Waals surface area contributed by atoms with Crippen molar-refractivity contribution in [3.63, 3.8) is 0 Å². The first kappa shape index (κ1) is 24.1. The van der Waals surface area contributed by atoms with E-state index < -0.39 is 5.60 Å². The summed E-state index contributed by atoms with van der Waals surface area (Å²) in [6.07, 6.45) is 4.06. The lowest BCUT2D eigenvalue weighted by molar-refractivity contribution is 0.0714. The SMILES string of the molecule is CC(C)(O)CCc1ccc2c(c1)c1cc(COC3CC3)ccc1c1[nH]c(-c3c(C#N)cccc3C#N)nc21. The number of aromatic amines is 1. The number of hydrogen-bond acceptors (Lipinski definition) is 5. The summed E-state index contributed by atoms with van der Waals surface area (Å²) in [7, 11) is 0. The van der Waals surface area contributed by atoms with E-state index in [1.54, 1.807) is 18.2 Å². The molecule has 6 rings (SSSR count). The topological polar surface area (TPSA) is 106 Å². The van der Waals surface area contributed by atoms with Crippen molar-refractivity contribution in [1.82, 2.24) is 9.97 Å². The lowest BCUT2D eigenvalue weighted by atomic mass is 9.94. The second-order valence-electron chi connectivity index (χ2n) is 10.8. The van der Waals surface area contributed by atoms with Gasteiger partial charge in [0.15, 0.2) is 0 Å². The average molecular weight is 501 g/mol. The molecule has 6 nitrogen and oxygen atoms in total. The van der Waals surface area contributed by atoms with Crippen LogP contribution in [0, 0.1) is 22.7 Å². The van der Waals surface area contributed by atoms with Crippen molar-refractivity contribution >= 4 is 32.6 Å². The van der Waals surface area contributed by atoms with Gasteiger partial charge >= 0.3 is 0 Å². The predicted octanol–water partition coefficient (Wildman–Crippen LogP) is 6.66. The summed E-state index contributed by atoms with van der Waals surface area (Å²) in [5, 5.41) is 34.0. The minimum absolute atomic E-state index is 0.378. The summed E-state index contributed by atoms with van der Waals surface area (Å²) in [5.74, 6) is 0.509. The third-order valence-corrected chi connectivity index (χ3v) is 7.26. The molecule has 0 atom stereocenters. The molecule has 38 heavy (non-hydrogen) atoms. The highest BCUT2D eigenvalue weighted by Crippen LogP contribution is 2.38. The number of hydrogen-bond donors (Lipinski definition) is 2. The summed E-state index contributed by atoms with van der Waals surface area (Å²) in [6, 6.07) is 22.3. The minimum atomic E-state index is -0.738. The number of nitrogens with zero attached hydrogens (tertiary/aromatic N) is 3. The number of aliphatic hydroxyl groups is 1. The van der Waals surface area contributed by atoms with Crippen molar-refractivity contribution in [2.75, 3.05) is 0 Å². The van der Waals surface area contributed by atoms with Gasteiger partial charge < -0.3 is 14.8 Å². The maximum atomic E-state index is 10.3. The van der Waals surface area contributed by atoms with E-state index in [-0.39, 0.29) is 0 Å². The largest absolute Gasteiger partial charge is 0.390 e. The zero-order chi connectivity index (χ0) is 26.4. The maximum Gasteiger partial charge on any atom is 0.141 e. The van der Waals surface area contributed by atoms with E-state index in [0.717, 1.165) is 63.0 Å². The summed E-state index contributed by atoms with van der Waals surface area (Å²) >= 11 is 0. The first-order chi connectivity index (χ1) is 18.3. The van der Waals surface area contributed by atoms with Crippen molar-refractivity contribution in [2.45, 2.75) is 57.8 Å². The Bertz CT molecular complexity index is 1760. The molecule has 1 aliphatic rings. The number of nitrogens with one attached hydrogen (secondary N) is 1. The average Bonchev–Trinajstić information content (AvgIpc) is 3.65. The Kier molecular flexibility index (Phi) is 5.88. The number of nitriles is 2. The second-order valence-corrected chi connectivity index (χ2v) is 10.8. The smallest absolute Gasteiger partial charge is 0.141 e. The van der Waals surface area contributed by atoms with Gasteiger partial charge in [-0.15, -0.1) is 0 Å². The van der Waals surface area contributed by atoms with Crippen LogP contribution in [0.25, 0.3) is 44.0 Å². The number of rotatable bonds is 7. The summed E-state index contributed by atoms with van der Waals surface area (Å²) < 4.78 is 5.99. The normalized spacial score (nSPS) is 13.7. The Morgan fingerprint density at radius 1 is 0.947 bits per heavy atom. The predicted molar refractivity (Wildman–Crippen MR) is 148 cm³/mol. The molecular formula is C32H28N4O2. The molecule has 1 heterocycles. The van der Waals surface area contributed by atoms with Crippen LogP contribution in [0.3, 0.4) is 0 Å². The van der Waals surface area contributed by atoms with Crippen LogP contribution in [0.15, 0.2) is 54.6 Å². The molecule has 4 aromatic carbocycles. The quantitative estimate of drug-likeness (QED) is 0.243. The van der Waals surface area contributed by atoms with Crippen LogP contribution in [0.2, 0.25) is 0 Å². The zero-order valence-electron chi connectivity index (χ0n) is 21.5. The zero-order valence-corrected chi connectivity index (χ0v) is 21.5. The van der Waals surface area contributed by atoms with Gasteiger partial charge in [0.2, 0.25) is 0 Å². The molecule has 1 fully saturated rings. The van der Waals surface area contributed by atoms with Gasteiger partial charge in [0, 0.05) is 10.8 Å². The number of imidazole rings is 1. The number of benzene rings is 4. The molecule has 1 aromatic heterocycles. The molecule has 1 aliphatic carbocycles. The fourth-order valence-corrected chi connectivity index (χ4v) is 5.07. The maximum absolute atomic E-state index is 10.3. The van der Waals surface area contributed by atoms with Crippen LogP contribution in [-0.2, 0) is 17.8 Å². The summed E-state index contributed by atoms with van der Waals surface area (Å²) in [4.78, 5) is 8.42. The Hall–Kier alpha value is -4.23. The monoisotopic (exact) mass is 500 g/mol. The van der Waals surface area contributed by atoms with Gasteiger partial charge in [0.25, 0.3) is 0 Å². The summed E-state index contributed by atoms with van der Waals surface area (Å²) in [6.45, 7) is 4.24. The fourth-order valence-electron chi connectivity index (χ4n) is 5.07. The van der Waals surface area contributed by atoms with Gasteiger partial charge in [-0.3, -0.25) is 0 Å². The molecule has 0 bridgehead atoms. The Balaban J connectivity index is 1.59. The van der Waals surface area contributed by atoms with Crippen LogP contribution in [0.5, 0.6) is 0 Å². The van der Waals surface area contributed by atoms with E-state index in [1.165, 1.54) is 0 Å². The number of aryl methyl sites for hydroxylation is 1. The standard InChI is InChI=1S/C32H28N4O2/c1-32(2,37)13-12-19-6-10-24-26(14-19)27-15-20(18-38-23-8-9-23)7-11-25(27)30-29(24)35-31(36-30)28-21(16-33)4-3-5-22(28)17-34/h3-7,10-11,14-15,23,37H,8-9,12-13,18H2,1-2H3,(H,35,36). The van der Waals surface area contributed by atoms with E-state index in [9.17, 15) is 15.6 Å². The molecule has 5 aromatic rings. The van der Waals surface area contributed by atoms with E-state index in [4.69, 9.17) is 9.72 Å². The summed E-state index contributed by atoms with van der Waals surface area (Å²) in [5.41, 5.74) is 4.54. The lowest BCUT2D eigenvalue weighted by Crippen LogP contribution is -2.19. The third-order valence-electron chi connectivity index (χ3n) is 7.26. The molecule has 0 amide bonds. The molecule has 0 spiro atoms. The number of aromatic nitrogens is 2. The first-order valence-corrected chi connectivity index (χ1v) is 13.0. The molecule has 0 aliphatic heterocycles. The van der Waals surface area contributed by atoms with Gasteiger partial charge in [0.1, 0.15) is 5.82 Å². The lowest BCUT2D eigenvalue weighted by Gasteiger charge is -2.17. The Morgan fingerprint density at radius 3 is 2.29 bits per heavy atom. The van der Waals surface area contributed by atoms with Gasteiger partial charge in [-0.1, -0.05) is 36.4 Å². The third kappa shape index (κ3) is 4.50. The molecule has 0 radical (unpaired) electrons. The van der Waals surface area contributed by atoms with Gasteiger partial charge in [-0.25, -0.2) is 4.98 Å². The first-order valence-electron chi connectivity index (χ1n) is 13.0. The molecule has 1 saturated carbocycles. The molecule has 2 N–H and O–H groups in total. The van der Waals surface area contributed by atoms with Crippen molar-refractivity contribution in [1.29, 1.82) is 10.5 Å². The highest BCUT2D eigenvalue weighted by atomic mass is 16.5. The van der Waals surface area contributed by atoms with Gasteiger partial charge in [0.05, 0.1) is 58.2 Å². The molecule has 188 valence electrons. The van der Waals surface area contributed by atoms with Crippen molar-refractivity contribution in [3.8, 4) is 23.5 Å². The molecule has 0 unspecified atom stereocenters. The highest BCUT2D eigenvalue weighted by Gasteiger charge is 2.23. The van der Waals surface area contributed by atoms with Crippen LogP contribution in [-0.4, -0.2) is 26.8 Å². The number of ether oxygens (including phenoxy) is 1. The minimum Gasteiger partial charge on any atom is -0.390 e. The van der Waals surface area contributed by atoms with E-state index in [0.29, 0.717) is 41.6 Å². The van der Waals surface area contributed by atoms with Gasteiger partial charge in [-0.05, 0) is 79.6 Å². The number of H-pyrrole nitrogens is 1. The van der Waals surface area contributed by atoms with E-state index in [2.05, 4.69) is 53.5 Å². The van der Waals surface area contributed by atoms with Crippen LogP contribution >= 0.6 is 0 Å². The Morgan fingerprint density at radius 2 is 1.61 bits per heavy atom. The second kappa shape index (κ2) is 9.26. The van der Waals surface area contributed by atoms with E-state index >= 15 is 0 Å². The molecule has 6 heteroatoms. The fraction of sp³-hybridized carbons (Fsp3) is 0.281. The van der Waals surface area contributed by atoms with Gasteiger partial charge in [-0.2, -0.15) is 10.5 Å². The van der Waals surface area contributed by atoms with E-state index in [1.807, 2.05) is 13.8 Å². The van der Waals surface area contributed by atoms with Crippen molar-refractivity contribution in [3.05, 3.63) is 76.9 Å². The highest BCUT2D eigenvalue weighted by molar-refractivity contribution is 6.23. The van der Waals surface area contributed by atoms with Crippen molar-refractivity contribution in [2.24, 2.45) is 0 Å². The van der Waals surface area contributed by atoms with Crippen LogP contribution < -0.4 is 0 Å². The molecular weight excluding hydrogens is 472 g/mol. The number of fused-ring (bicyclic) bond motifs is 6. The van der Waals surface area contributed by atoms with Crippen LogP contribution in [0.1, 0.15) is 55.4 Å². The van der Waals surface area contributed by atoms with Crippen molar-refractivity contribution < 1.29 is 9.84 Å². The Labute approximate surface area is 221 Å². The molecule has 0 saturated heterocycles.